The molecule has 1 aromatic carbocycles. The fourth-order valence-corrected chi connectivity index (χ4v) is 14.8. The third-order valence-electron chi connectivity index (χ3n) is 19.7. The molecule has 26 N–H and O–H groups in total. The molecular formula is C76H125F5N22O20S3. The van der Waals surface area contributed by atoms with Gasteiger partial charge in [-0.1, -0.05) is 72.5 Å². The number of ether oxygens (including phenoxy) is 9. The van der Waals surface area contributed by atoms with Gasteiger partial charge < -0.3 is 143 Å². The van der Waals surface area contributed by atoms with E-state index >= 15 is 0 Å². The lowest BCUT2D eigenvalue weighted by Gasteiger charge is -2.36. The number of aromatic nitrogens is 6. The molecule has 2 aliphatic rings. The van der Waals surface area contributed by atoms with E-state index in [-0.39, 0.29) is 189 Å². The summed E-state index contributed by atoms with van der Waals surface area (Å²) < 4.78 is 118. The molecule has 4 amide bonds. The van der Waals surface area contributed by atoms with Crippen LogP contribution < -0.4 is 77.1 Å². The minimum atomic E-state index is -2.38. The molecule has 0 saturated carbocycles. The van der Waals surface area contributed by atoms with Crippen LogP contribution in [0.25, 0.3) is 0 Å². The van der Waals surface area contributed by atoms with Crippen molar-refractivity contribution in [3.63, 3.8) is 0 Å². The highest BCUT2D eigenvalue weighted by Gasteiger charge is 2.41. The molecule has 2 aliphatic heterocycles. The first-order valence-corrected chi connectivity index (χ1v) is 44.2. The van der Waals surface area contributed by atoms with Crippen molar-refractivity contribution in [3.8, 4) is 5.75 Å². The van der Waals surface area contributed by atoms with Crippen LogP contribution in [0.2, 0.25) is 0 Å². The van der Waals surface area contributed by atoms with Crippen molar-refractivity contribution in [1.82, 2.24) is 66.9 Å². The number of anilines is 3. The van der Waals surface area contributed by atoms with Crippen molar-refractivity contribution in [2.24, 2.45) is 34.7 Å². The topological polar surface area (TPSA) is 631 Å². The Kier molecular flexibility index (Phi) is 50.4. The molecule has 6 rings (SSSR count). The number of amides is 4. The van der Waals surface area contributed by atoms with E-state index in [2.05, 4.69) is 67.2 Å². The monoisotopic (exact) mass is 1860 g/mol. The van der Waals surface area contributed by atoms with Crippen molar-refractivity contribution in [2.45, 2.75) is 196 Å². The van der Waals surface area contributed by atoms with Crippen molar-refractivity contribution in [1.29, 1.82) is 0 Å². The van der Waals surface area contributed by atoms with Crippen LogP contribution in [0.3, 0.4) is 0 Å². The molecule has 0 radical (unpaired) electrons. The number of hydrazine groups is 3. The Morgan fingerprint density at radius 1 is 0.437 bits per heavy atom. The van der Waals surface area contributed by atoms with Gasteiger partial charge in [0.1, 0.15) is 51.6 Å². The average molecular weight is 1860 g/mol. The van der Waals surface area contributed by atoms with Crippen molar-refractivity contribution >= 4 is 79.0 Å². The summed E-state index contributed by atoms with van der Waals surface area (Å²) in [5.74, 6) is 2.62. The molecule has 3 aromatic heterocycles. The van der Waals surface area contributed by atoms with Gasteiger partial charge in [0.2, 0.25) is 73.9 Å². The first-order chi connectivity index (χ1) is 60.5. The number of nitrogens with one attached hydrogen (secondary N) is 6. The highest BCUT2D eigenvalue weighted by atomic mass is 32.1. The molecule has 712 valence electrons. The zero-order valence-corrected chi connectivity index (χ0v) is 73.0. The van der Waals surface area contributed by atoms with Crippen LogP contribution >= 0.6 is 34.0 Å². The molecular weight excluding hydrogens is 1730 g/mol. The Bertz CT molecular complexity index is 3780. The molecule has 0 unspecified atom stereocenters. The molecule has 4 aromatic rings. The van der Waals surface area contributed by atoms with Crippen molar-refractivity contribution in [3.05, 3.63) is 79.8 Å². The number of rotatable bonds is 67. The van der Waals surface area contributed by atoms with E-state index in [1.807, 2.05) is 0 Å². The number of aliphatic hydroxyl groups excluding tert-OH is 6. The summed E-state index contributed by atoms with van der Waals surface area (Å²) >= 11 is 3.78. The van der Waals surface area contributed by atoms with Crippen LogP contribution in [0, 0.1) is 29.1 Å². The van der Waals surface area contributed by atoms with Crippen LogP contribution in [0.15, 0.2) is 35.7 Å². The minimum Gasteiger partial charge on any atom is -0.420 e. The molecule has 5 heterocycles. The third-order valence-corrected chi connectivity index (χ3v) is 22.3. The lowest BCUT2D eigenvalue weighted by atomic mass is 9.82. The van der Waals surface area contributed by atoms with E-state index in [1.165, 1.54) is 49.0 Å². The summed E-state index contributed by atoms with van der Waals surface area (Å²) in [7, 11) is 0. The molecule has 42 nitrogen and oxygen atoms in total. The average Bonchev–Trinajstić information content (AvgIpc) is 1.43. The Morgan fingerprint density at radius 2 is 0.778 bits per heavy atom. The molecule has 8 atom stereocenters. The van der Waals surface area contributed by atoms with Crippen LogP contribution in [-0.2, 0) is 81.1 Å². The zero-order chi connectivity index (χ0) is 91.6. The maximum Gasteiger partial charge on any atom is 0.311 e. The molecule has 2 fully saturated rings. The normalized spacial score (nSPS) is 18.2. The zero-order valence-electron chi connectivity index (χ0n) is 70.5. The van der Waals surface area contributed by atoms with Gasteiger partial charge in [-0.25, -0.2) is 30.7 Å². The Labute approximate surface area is 738 Å². The SMILES string of the molecule is N/C(=C\N(N)CCOCCOCCNC(=O)CCC(CCC(=O)NCCOCCOCCN(N)/C=C(\N)CCc1nnc(N[C@H]2CO[C@H](CO)[C@H](O)[C@@H]2O)s1)(CCC(=O)NCCOCCOCCN(N)/C=C(\N)CCc1nnc(N[C@H]2CO[C@H](CO)[C@H](O)[C@@H]2O)s1)NC(=O)CCCCCCCCCCC(=O)Oc1c(F)c(F)c(F)c(F)c1F)CCc1nnc(N)s1. The predicted molar refractivity (Wildman–Crippen MR) is 452 cm³/mol. The second kappa shape index (κ2) is 59.7. The maximum absolute atomic E-state index is 14.1. The number of benzene rings is 1. The smallest absolute Gasteiger partial charge is 0.311 e. The highest BCUT2D eigenvalue weighted by Crippen LogP contribution is 2.32. The molecule has 0 aliphatic carbocycles. The Morgan fingerprint density at radius 3 is 1.14 bits per heavy atom. The summed E-state index contributed by atoms with van der Waals surface area (Å²) in [6.45, 7) is 2.71. The van der Waals surface area contributed by atoms with Gasteiger partial charge in [-0.3, -0.25) is 24.0 Å². The number of halogens is 5. The second-order valence-corrected chi connectivity index (χ2v) is 32.9. The van der Waals surface area contributed by atoms with Gasteiger partial charge in [-0.05, 0) is 51.4 Å². The number of nitrogen functional groups attached to an aromatic ring is 1. The summed E-state index contributed by atoms with van der Waals surface area (Å²) in [5, 5.41) is 109. The van der Waals surface area contributed by atoms with Gasteiger partial charge in [0, 0.05) is 112 Å². The number of allylic oxidation sites excluding steroid dienone is 3. The van der Waals surface area contributed by atoms with Crippen LogP contribution in [0.5, 0.6) is 5.75 Å². The van der Waals surface area contributed by atoms with E-state index in [9.17, 15) is 76.6 Å². The second-order valence-electron chi connectivity index (χ2n) is 29.7. The van der Waals surface area contributed by atoms with Crippen LogP contribution in [0.4, 0.5) is 37.3 Å². The molecule has 0 spiro atoms. The van der Waals surface area contributed by atoms with Crippen LogP contribution in [-0.4, -0.2) is 305 Å². The van der Waals surface area contributed by atoms with Gasteiger partial charge in [-0.15, -0.1) is 30.6 Å². The first kappa shape index (κ1) is 106. The first-order valence-electron chi connectivity index (χ1n) is 41.7. The molecule has 2 saturated heterocycles. The van der Waals surface area contributed by atoms with Gasteiger partial charge in [0.25, 0.3) is 0 Å². The number of hydrogen-bond acceptors (Lipinski definition) is 41. The predicted octanol–water partition coefficient (Wildman–Crippen LogP) is -0.418. The minimum absolute atomic E-state index is 0.0161. The lowest BCUT2D eigenvalue weighted by molar-refractivity contribution is -0.152. The summed E-state index contributed by atoms with van der Waals surface area (Å²) in [5.41, 5.74) is 24.5. The van der Waals surface area contributed by atoms with Crippen LogP contribution in [0.1, 0.15) is 137 Å². The van der Waals surface area contributed by atoms with Gasteiger partial charge in [0.15, 0.2) is 0 Å². The number of hydrogen-bond donors (Lipinski definition) is 19. The standard InChI is InChI=1S/C76H125F5N22O20S3/c77-63-64(78)66(80)72(67(81)65(63)79)123-62(110)10-8-6-4-2-1-3-5-7-9-58(109)94-76(20-17-55(106)89-23-29-115-35-38-118-32-26-101(86)41-48(82)11-14-59-95-98-73(85)124-59,21-18-56(107)90-24-30-116-36-39-119-33-27-102(87)42-49(83)12-15-60-96-99-74(125-60)92-51-46-121-53(44-104)70(113)68(51)111)22-19-57(108)91-25-31-117-37-40-120-34-28-103(88)43-50(84)13-16-61-97-100-75(126-61)93-52-47-122-54(45-105)71(114)69(52)112/h41-43,51-54,68-71,104-105,111-114H,1-40,44-47,82-84,86-88H2,(H2,85,98)(H,89,106)(H,90,107)(H,91,108)(H,92,99)(H,93,100)(H,94,109)/b48-41-,49-42-,50-43-/t51-,52-,53+,54+,68+,69+,70-,71-/m0/s1. The van der Waals surface area contributed by atoms with E-state index in [4.69, 9.17) is 78.4 Å². The Balaban J connectivity index is 0.959. The number of unbranched alkanes of at least 4 members (excludes halogenated alkanes) is 7. The number of aryl methyl sites for hydroxylation is 3. The fourth-order valence-electron chi connectivity index (χ4n) is 12.6. The number of carbonyl (C=O) groups excluding carboxylic acids is 5. The molecule has 50 heteroatoms. The Hall–Kier alpha value is -8.36. The van der Waals surface area contributed by atoms with Gasteiger partial charge >= 0.3 is 5.97 Å². The lowest BCUT2D eigenvalue weighted by Crippen LogP contribution is -2.56. The summed E-state index contributed by atoms with van der Waals surface area (Å²) in [6, 6.07) is -1.33. The largest absolute Gasteiger partial charge is 0.420 e. The van der Waals surface area contributed by atoms with E-state index in [0.29, 0.717) is 126 Å². The molecule has 0 bridgehead atoms. The van der Waals surface area contributed by atoms with E-state index < -0.39 is 126 Å². The van der Waals surface area contributed by atoms with Crippen molar-refractivity contribution in [2.75, 3.05) is 161 Å². The number of aliphatic hydroxyl groups is 6. The summed E-state index contributed by atoms with van der Waals surface area (Å²) in [4.78, 5) is 67.4. The van der Waals surface area contributed by atoms with Gasteiger partial charge in [-0.2, -0.15) is 8.78 Å². The number of carbonyl (C=O) groups is 5. The number of nitrogens with zero attached hydrogens (tertiary/aromatic N) is 9. The fraction of sp³-hybridized carbons (Fsp3) is 0.697. The number of esters is 1. The van der Waals surface area contributed by atoms with Crippen molar-refractivity contribution < 1.29 is 119 Å². The molecule has 126 heavy (non-hydrogen) atoms. The van der Waals surface area contributed by atoms with E-state index in [0.717, 1.165) is 11.4 Å². The quantitative estimate of drug-likeness (QED) is 0.00390. The number of nitrogens with two attached hydrogens (primary N) is 7. The van der Waals surface area contributed by atoms with Gasteiger partial charge in [0.05, 0.1) is 137 Å². The maximum atomic E-state index is 14.1. The summed E-state index contributed by atoms with van der Waals surface area (Å²) in [6.07, 6.45) is 4.73. The highest BCUT2D eigenvalue weighted by molar-refractivity contribution is 7.15. The van der Waals surface area contributed by atoms with E-state index in [1.54, 1.807) is 18.6 Å². The third kappa shape index (κ3) is 41.4.